The molecule has 0 bridgehead atoms. The Labute approximate surface area is 128 Å². The van der Waals surface area contributed by atoms with Crippen molar-refractivity contribution in [2.45, 2.75) is 13.2 Å². The van der Waals surface area contributed by atoms with Gasteiger partial charge in [-0.05, 0) is 35.4 Å². The van der Waals surface area contributed by atoms with Crippen molar-refractivity contribution in [1.29, 1.82) is 0 Å². The average Bonchev–Trinajstić information content (AvgIpc) is 2.49. The van der Waals surface area contributed by atoms with Gasteiger partial charge in [0, 0.05) is 10.6 Å². The van der Waals surface area contributed by atoms with Crippen LogP contribution in [0.25, 0.3) is 0 Å². The second-order valence-electron chi connectivity index (χ2n) is 4.38. The van der Waals surface area contributed by atoms with Gasteiger partial charge in [0.1, 0.15) is 12.4 Å². The number of halogens is 2. The number of hydrogen-bond donors (Lipinski definition) is 1. The van der Waals surface area contributed by atoms with Crippen molar-refractivity contribution in [3.63, 3.8) is 0 Å². The molecule has 0 heterocycles. The minimum Gasteiger partial charge on any atom is -0.384 e. The van der Waals surface area contributed by atoms with Crippen LogP contribution in [-0.2, 0) is 18.0 Å². The van der Waals surface area contributed by atoms with E-state index in [4.69, 9.17) is 21.4 Å². The van der Waals surface area contributed by atoms with E-state index < -0.39 is 0 Å². The van der Waals surface area contributed by atoms with Gasteiger partial charge in [-0.25, -0.2) is 4.39 Å². The number of ether oxygens (including phenoxy) is 1. The van der Waals surface area contributed by atoms with Crippen molar-refractivity contribution in [1.82, 2.24) is 0 Å². The molecule has 21 heavy (non-hydrogen) atoms. The molecule has 0 aliphatic heterocycles. The Balaban J connectivity index is 2.01. The summed E-state index contributed by atoms with van der Waals surface area (Å²) in [5.74, 6) is 4.88. The summed E-state index contributed by atoms with van der Waals surface area (Å²) in [6, 6.07) is 11.7. The fourth-order valence-corrected chi connectivity index (χ4v) is 1.91. The summed E-state index contributed by atoms with van der Waals surface area (Å²) in [4.78, 5) is 0. The molecular formula is C17H14ClFO2. The third kappa shape index (κ3) is 4.87. The number of rotatable bonds is 4. The zero-order chi connectivity index (χ0) is 15.1. The Morgan fingerprint density at radius 3 is 2.57 bits per heavy atom. The molecule has 0 saturated heterocycles. The lowest BCUT2D eigenvalue weighted by molar-refractivity contribution is 0.107. The summed E-state index contributed by atoms with van der Waals surface area (Å²) < 4.78 is 18.8. The maximum Gasteiger partial charge on any atom is 0.124 e. The molecule has 108 valence electrons. The van der Waals surface area contributed by atoms with Crippen LogP contribution in [0.5, 0.6) is 0 Å². The predicted molar refractivity (Wildman–Crippen MR) is 80.3 cm³/mol. The van der Waals surface area contributed by atoms with Crippen molar-refractivity contribution >= 4 is 11.6 Å². The molecule has 0 amide bonds. The lowest BCUT2D eigenvalue weighted by Gasteiger charge is -2.07. The molecule has 0 radical (unpaired) electrons. The van der Waals surface area contributed by atoms with Gasteiger partial charge in [-0.1, -0.05) is 41.6 Å². The summed E-state index contributed by atoms with van der Waals surface area (Å²) in [7, 11) is 0. The van der Waals surface area contributed by atoms with Crippen LogP contribution in [0, 0.1) is 17.7 Å². The SMILES string of the molecule is OCC#Cc1cc(F)ccc1COCc1ccc(Cl)cc1. The topological polar surface area (TPSA) is 29.5 Å². The zero-order valence-electron chi connectivity index (χ0n) is 11.3. The van der Waals surface area contributed by atoms with Crippen molar-refractivity contribution in [3.8, 4) is 11.8 Å². The first-order valence-corrected chi connectivity index (χ1v) is 6.77. The van der Waals surface area contributed by atoms with Crippen LogP contribution in [0.3, 0.4) is 0 Å². The second kappa shape index (κ2) is 7.80. The smallest absolute Gasteiger partial charge is 0.124 e. The normalized spacial score (nSPS) is 10.0. The standard InChI is InChI=1S/C17H14ClFO2/c18-16-6-3-13(4-7-16)11-21-12-15-5-8-17(19)10-14(15)2-1-9-20/h3-8,10,20H,9,11-12H2. The van der Waals surface area contributed by atoms with Gasteiger partial charge in [-0.3, -0.25) is 0 Å². The predicted octanol–water partition coefficient (Wildman–Crippen LogP) is 3.54. The summed E-state index contributed by atoms with van der Waals surface area (Å²) >= 11 is 5.81. The summed E-state index contributed by atoms with van der Waals surface area (Å²) in [6.07, 6.45) is 0. The van der Waals surface area contributed by atoms with Crippen LogP contribution < -0.4 is 0 Å². The van der Waals surface area contributed by atoms with Gasteiger partial charge >= 0.3 is 0 Å². The maximum absolute atomic E-state index is 13.2. The first-order chi connectivity index (χ1) is 10.2. The van der Waals surface area contributed by atoms with Gasteiger partial charge in [-0.15, -0.1) is 0 Å². The van der Waals surface area contributed by atoms with Gasteiger partial charge in [0.25, 0.3) is 0 Å². The fourth-order valence-electron chi connectivity index (χ4n) is 1.79. The molecule has 0 spiro atoms. The largest absolute Gasteiger partial charge is 0.384 e. The zero-order valence-corrected chi connectivity index (χ0v) is 12.0. The third-order valence-electron chi connectivity index (χ3n) is 2.81. The Hall–Kier alpha value is -1.86. The van der Waals surface area contributed by atoms with E-state index in [1.807, 2.05) is 12.1 Å². The third-order valence-corrected chi connectivity index (χ3v) is 3.07. The van der Waals surface area contributed by atoms with E-state index in [2.05, 4.69) is 11.8 Å². The molecule has 2 nitrogen and oxygen atoms in total. The maximum atomic E-state index is 13.2. The lowest BCUT2D eigenvalue weighted by atomic mass is 10.1. The van der Waals surface area contributed by atoms with E-state index in [1.165, 1.54) is 12.1 Å². The number of benzene rings is 2. The fraction of sp³-hybridized carbons (Fsp3) is 0.176. The van der Waals surface area contributed by atoms with Crippen LogP contribution in [0.2, 0.25) is 5.02 Å². The molecule has 4 heteroatoms. The minimum atomic E-state index is -0.362. The summed E-state index contributed by atoms with van der Waals surface area (Å²) in [6.45, 7) is 0.487. The molecule has 2 aromatic rings. The molecule has 2 aromatic carbocycles. The van der Waals surface area contributed by atoms with E-state index in [-0.39, 0.29) is 12.4 Å². The first kappa shape index (κ1) is 15.5. The Morgan fingerprint density at radius 1 is 1.10 bits per heavy atom. The van der Waals surface area contributed by atoms with Gasteiger partial charge in [0.15, 0.2) is 0 Å². The highest BCUT2D eigenvalue weighted by atomic mass is 35.5. The highest BCUT2D eigenvalue weighted by Gasteiger charge is 2.03. The van der Waals surface area contributed by atoms with Crippen LogP contribution in [0.1, 0.15) is 16.7 Å². The van der Waals surface area contributed by atoms with Gasteiger partial charge in [0.05, 0.1) is 13.2 Å². The van der Waals surface area contributed by atoms with E-state index in [1.54, 1.807) is 18.2 Å². The van der Waals surface area contributed by atoms with Crippen molar-refractivity contribution < 1.29 is 14.2 Å². The number of aliphatic hydroxyl groups excluding tert-OH is 1. The Morgan fingerprint density at radius 2 is 1.86 bits per heavy atom. The van der Waals surface area contributed by atoms with Crippen LogP contribution >= 0.6 is 11.6 Å². The second-order valence-corrected chi connectivity index (χ2v) is 4.82. The van der Waals surface area contributed by atoms with Crippen LogP contribution in [0.15, 0.2) is 42.5 Å². The molecule has 0 aromatic heterocycles. The summed E-state index contributed by atoms with van der Waals surface area (Å²) in [5.41, 5.74) is 2.32. The number of hydrogen-bond acceptors (Lipinski definition) is 2. The van der Waals surface area contributed by atoms with E-state index in [9.17, 15) is 4.39 Å². The first-order valence-electron chi connectivity index (χ1n) is 6.39. The quantitative estimate of drug-likeness (QED) is 0.876. The monoisotopic (exact) mass is 304 g/mol. The van der Waals surface area contributed by atoms with Gasteiger partial charge in [0.2, 0.25) is 0 Å². The van der Waals surface area contributed by atoms with Crippen molar-refractivity contribution in [3.05, 3.63) is 70.0 Å². The Bertz CT molecular complexity index is 657. The molecule has 0 aliphatic rings. The van der Waals surface area contributed by atoms with E-state index >= 15 is 0 Å². The lowest BCUT2D eigenvalue weighted by Crippen LogP contribution is -1.97. The molecule has 0 atom stereocenters. The van der Waals surface area contributed by atoms with E-state index in [0.717, 1.165) is 11.1 Å². The molecule has 0 fully saturated rings. The molecular weight excluding hydrogens is 291 g/mol. The molecule has 2 rings (SSSR count). The molecule has 0 aliphatic carbocycles. The van der Waals surface area contributed by atoms with Gasteiger partial charge < -0.3 is 9.84 Å². The highest BCUT2D eigenvalue weighted by molar-refractivity contribution is 6.30. The number of aliphatic hydroxyl groups is 1. The average molecular weight is 305 g/mol. The molecule has 0 unspecified atom stereocenters. The molecule has 1 N–H and O–H groups in total. The highest BCUT2D eigenvalue weighted by Crippen LogP contribution is 2.14. The minimum absolute atomic E-state index is 0.262. The van der Waals surface area contributed by atoms with E-state index in [0.29, 0.717) is 23.8 Å². The van der Waals surface area contributed by atoms with Crippen molar-refractivity contribution in [2.75, 3.05) is 6.61 Å². The van der Waals surface area contributed by atoms with Crippen LogP contribution in [0.4, 0.5) is 4.39 Å². The summed E-state index contributed by atoms with van der Waals surface area (Å²) in [5, 5.41) is 9.40. The Kier molecular flexibility index (Phi) is 5.77. The van der Waals surface area contributed by atoms with Crippen molar-refractivity contribution in [2.24, 2.45) is 0 Å². The molecule has 0 saturated carbocycles. The van der Waals surface area contributed by atoms with Gasteiger partial charge in [-0.2, -0.15) is 0 Å². The van der Waals surface area contributed by atoms with Crippen LogP contribution in [-0.4, -0.2) is 11.7 Å².